The minimum Gasteiger partial charge on any atom is -0.493 e. The van der Waals surface area contributed by atoms with Gasteiger partial charge in [-0.05, 0) is 55.7 Å². The Balaban J connectivity index is 1.84. The van der Waals surface area contributed by atoms with Crippen LogP contribution in [0.4, 0.5) is 11.4 Å². The number of benzene rings is 3. The first-order valence-corrected chi connectivity index (χ1v) is 10.6. The fourth-order valence-corrected chi connectivity index (χ4v) is 3.85. The molecule has 1 aliphatic heterocycles. The van der Waals surface area contributed by atoms with Gasteiger partial charge in [0.15, 0.2) is 11.5 Å². The Bertz CT molecular complexity index is 1280. The Hall–Kier alpha value is -4.06. The second kappa shape index (κ2) is 8.82. The molecule has 0 spiro atoms. The number of nitrogens with zero attached hydrogens (tertiary/aromatic N) is 1. The number of aryl methyl sites for hydroxylation is 2. The van der Waals surface area contributed by atoms with Gasteiger partial charge in [-0.1, -0.05) is 42.0 Å². The SMILES string of the molecule is COc1ccc(N2C(=O)C(Nc3cccc(C)c3C)=C(c3ccc(C)cc3)C2=O)cc1OC. The van der Waals surface area contributed by atoms with Gasteiger partial charge >= 0.3 is 0 Å². The quantitative estimate of drug-likeness (QED) is 0.543. The van der Waals surface area contributed by atoms with E-state index >= 15 is 0 Å². The molecule has 0 bridgehead atoms. The molecule has 3 aromatic rings. The van der Waals surface area contributed by atoms with Gasteiger partial charge in [-0.25, -0.2) is 4.90 Å². The van der Waals surface area contributed by atoms with E-state index in [1.807, 2.05) is 63.2 Å². The second-order valence-electron chi connectivity index (χ2n) is 7.97. The monoisotopic (exact) mass is 442 g/mol. The lowest BCUT2D eigenvalue weighted by atomic mass is 10.0. The molecule has 1 N–H and O–H groups in total. The summed E-state index contributed by atoms with van der Waals surface area (Å²) in [6.45, 7) is 5.97. The summed E-state index contributed by atoms with van der Waals surface area (Å²) >= 11 is 0. The minimum absolute atomic E-state index is 0.243. The average Bonchev–Trinajstić information content (AvgIpc) is 3.06. The zero-order valence-electron chi connectivity index (χ0n) is 19.4. The molecule has 0 unspecified atom stereocenters. The summed E-state index contributed by atoms with van der Waals surface area (Å²) in [6, 6.07) is 18.4. The molecule has 168 valence electrons. The Kier molecular flexibility index (Phi) is 5.92. The van der Waals surface area contributed by atoms with Crippen molar-refractivity contribution >= 4 is 28.8 Å². The first kappa shape index (κ1) is 22.1. The van der Waals surface area contributed by atoms with Crippen LogP contribution in [0.25, 0.3) is 5.57 Å². The summed E-state index contributed by atoms with van der Waals surface area (Å²) in [6.07, 6.45) is 0. The largest absolute Gasteiger partial charge is 0.493 e. The molecule has 0 saturated carbocycles. The molecule has 0 fully saturated rings. The Morgan fingerprint density at radius 3 is 2.15 bits per heavy atom. The van der Waals surface area contributed by atoms with Crippen molar-refractivity contribution in [1.29, 1.82) is 0 Å². The highest BCUT2D eigenvalue weighted by Crippen LogP contribution is 2.38. The molecule has 6 heteroatoms. The highest BCUT2D eigenvalue weighted by atomic mass is 16.5. The molecule has 6 nitrogen and oxygen atoms in total. The fourth-order valence-electron chi connectivity index (χ4n) is 3.85. The third kappa shape index (κ3) is 3.96. The standard InChI is InChI=1S/C27H26N2O4/c1-16-9-11-19(12-10-16)24-25(28-21-8-6-7-17(2)18(21)3)27(31)29(26(24)30)20-13-14-22(32-4)23(15-20)33-5/h6-15,28H,1-5H3. The van der Waals surface area contributed by atoms with Crippen molar-refractivity contribution in [3.8, 4) is 11.5 Å². The maximum atomic E-state index is 13.6. The normalized spacial score (nSPS) is 13.5. The summed E-state index contributed by atoms with van der Waals surface area (Å²) in [5, 5.41) is 3.26. The fraction of sp³-hybridized carbons (Fsp3) is 0.185. The average molecular weight is 443 g/mol. The number of hydrogen-bond acceptors (Lipinski definition) is 5. The maximum absolute atomic E-state index is 13.6. The van der Waals surface area contributed by atoms with Crippen molar-refractivity contribution < 1.29 is 19.1 Å². The molecule has 3 aromatic carbocycles. The molecule has 4 rings (SSSR count). The predicted molar refractivity (Wildman–Crippen MR) is 130 cm³/mol. The van der Waals surface area contributed by atoms with Crippen LogP contribution in [-0.4, -0.2) is 26.0 Å². The van der Waals surface area contributed by atoms with E-state index in [1.54, 1.807) is 18.2 Å². The Labute approximate surface area is 193 Å². The first-order chi connectivity index (χ1) is 15.8. The van der Waals surface area contributed by atoms with Crippen LogP contribution in [0, 0.1) is 20.8 Å². The Morgan fingerprint density at radius 2 is 1.48 bits per heavy atom. The topological polar surface area (TPSA) is 67.9 Å². The van der Waals surface area contributed by atoms with Gasteiger partial charge in [-0.3, -0.25) is 9.59 Å². The van der Waals surface area contributed by atoms with Gasteiger partial charge in [-0.15, -0.1) is 0 Å². The second-order valence-corrected chi connectivity index (χ2v) is 7.97. The van der Waals surface area contributed by atoms with Crippen LogP contribution in [0.1, 0.15) is 22.3 Å². The van der Waals surface area contributed by atoms with E-state index in [-0.39, 0.29) is 5.70 Å². The minimum atomic E-state index is -0.427. The molecule has 33 heavy (non-hydrogen) atoms. The summed E-state index contributed by atoms with van der Waals surface area (Å²) in [5.74, 6) is 0.122. The molecule has 1 aliphatic rings. The van der Waals surface area contributed by atoms with Crippen LogP contribution in [-0.2, 0) is 9.59 Å². The van der Waals surface area contributed by atoms with Crippen LogP contribution in [0.15, 0.2) is 66.4 Å². The number of hydrogen-bond donors (Lipinski definition) is 1. The van der Waals surface area contributed by atoms with Crippen LogP contribution in [0.3, 0.4) is 0 Å². The van der Waals surface area contributed by atoms with E-state index in [0.29, 0.717) is 28.3 Å². The third-order valence-corrected chi connectivity index (χ3v) is 5.91. The van der Waals surface area contributed by atoms with E-state index in [0.717, 1.165) is 22.4 Å². The number of carbonyl (C=O) groups is 2. The van der Waals surface area contributed by atoms with E-state index in [1.165, 1.54) is 19.1 Å². The molecular weight excluding hydrogens is 416 g/mol. The summed E-state index contributed by atoms with van der Waals surface area (Å²) < 4.78 is 10.7. The van der Waals surface area contributed by atoms with E-state index in [4.69, 9.17) is 9.47 Å². The number of rotatable bonds is 6. The van der Waals surface area contributed by atoms with Crippen LogP contribution >= 0.6 is 0 Å². The lowest BCUT2D eigenvalue weighted by Crippen LogP contribution is -2.32. The number of imide groups is 1. The number of methoxy groups -OCH3 is 2. The van der Waals surface area contributed by atoms with Crippen molar-refractivity contribution in [2.75, 3.05) is 24.4 Å². The zero-order valence-corrected chi connectivity index (χ0v) is 19.4. The zero-order chi connectivity index (χ0) is 23.7. The summed E-state index contributed by atoms with van der Waals surface area (Å²) in [4.78, 5) is 28.4. The summed E-state index contributed by atoms with van der Waals surface area (Å²) in [7, 11) is 3.05. The smallest absolute Gasteiger partial charge is 0.282 e. The molecule has 0 saturated heterocycles. The van der Waals surface area contributed by atoms with E-state index in [2.05, 4.69) is 5.32 Å². The van der Waals surface area contributed by atoms with Crippen LogP contribution in [0.5, 0.6) is 11.5 Å². The number of anilines is 2. The number of nitrogens with one attached hydrogen (secondary N) is 1. The van der Waals surface area contributed by atoms with E-state index < -0.39 is 11.8 Å². The molecule has 0 radical (unpaired) electrons. The summed E-state index contributed by atoms with van der Waals surface area (Å²) in [5.41, 5.74) is 5.61. The lowest BCUT2D eigenvalue weighted by Gasteiger charge is -2.18. The predicted octanol–water partition coefficient (Wildman–Crippen LogP) is 5.03. The van der Waals surface area contributed by atoms with Gasteiger partial charge in [0, 0.05) is 11.8 Å². The van der Waals surface area contributed by atoms with Crippen molar-refractivity contribution in [2.45, 2.75) is 20.8 Å². The van der Waals surface area contributed by atoms with Crippen molar-refractivity contribution in [1.82, 2.24) is 0 Å². The molecule has 0 aromatic heterocycles. The van der Waals surface area contributed by atoms with Gasteiger partial charge in [0.1, 0.15) is 5.70 Å². The van der Waals surface area contributed by atoms with Crippen molar-refractivity contribution in [2.24, 2.45) is 0 Å². The highest BCUT2D eigenvalue weighted by Gasteiger charge is 2.40. The first-order valence-electron chi connectivity index (χ1n) is 10.6. The number of amides is 2. The molecule has 0 aliphatic carbocycles. The van der Waals surface area contributed by atoms with Crippen LogP contribution in [0.2, 0.25) is 0 Å². The maximum Gasteiger partial charge on any atom is 0.282 e. The van der Waals surface area contributed by atoms with E-state index in [9.17, 15) is 9.59 Å². The molecule has 0 atom stereocenters. The molecular formula is C27H26N2O4. The lowest BCUT2D eigenvalue weighted by molar-refractivity contribution is -0.120. The number of carbonyl (C=O) groups excluding carboxylic acids is 2. The number of ether oxygens (including phenoxy) is 2. The van der Waals surface area contributed by atoms with Gasteiger partial charge in [0.05, 0.1) is 25.5 Å². The van der Waals surface area contributed by atoms with Crippen molar-refractivity contribution in [3.05, 3.63) is 88.6 Å². The van der Waals surface area contributed by atoms with Gasteiger partial charge in [-0.2, -0.15) is 0 Å². The van der Waals surface area contributed by atoms with Crippen LogP contribution < -0.4 is 19.7 Å². The third-order valence-electron chi connectivity index (χ3n) is 5.91. The molecule has 2 amide bonds. The van der Waals surface area contributed by atoms with Crippen molar-refractivity contribution in [3.63, 3.8) is 0 Å². The Morgan fingerprint density at radius 1 is 0.788 bits per heavy atom. The molecule has 1 heterocycles. The van der Waals surface area contributed by atoms with Gasteiger partial charge in [0.25, 0.3) is 11.8 Å². The highest BCUT2D eigenvalue weighted by molar-refractivity contribution is 6.46. The van der Waals surface area contributed by atoms with Gasteiger partial charge < -0.3 is 14.8 Å². The van der Waals surface area contributed by atoms with Gasteiger partial charge in [0.2, 0.25) is 0 Å².